The second-order valence-corrected chi connectivity index (χ2v) is 4.77. The van der Waals surface area contributed by atoms with Crippen LogP contribution in [0, 0.1) is 0 Å². The van der Waals surface area contributed by atoms with Gasteiger partial charge in [-0.15, -0.1) is 0 Å². The average molecular weight is 234 g/mol. The normalized spacial score (nSPS) is 18.4. The summed E-state index contributed by atoms with van der Waals surface area (Å²) < 4.78 is 5.37. The molecule has 3 heteroatoms. The third-order valence-corrected chi connectivity index (χ3v) is 3.56. The summed E-state index contributed by atoms with van der Waals surface area (Å²) in [7, 11) is 1.81. The summed E-state index contributed by atoms with van der Waals surface area (Å²) in [6.07, 6.45) is 3.91. The van der Waals surface area contributed by atoms with Crippen LogP contribution in [0.1, 0.15) is 18.4 Å². The lowest BCUT2D eigenvalue weighted by molar-refractivity contribution is 0.0415. The number of methoxy groups -OCH3 is 1. The maximum atomic E-state index is 5.67. The van der Waals surface area contributed by atoms with Crippen LogP contribution in [-0.2, 0) is 11.2 Å². The summed E-state index contributed by atoms with van der Waals surface area (Å²) in [5.41, 5.74) is 7.88. The lowest BCUT2D eigenvalue weighted by Crippen LogP contribution is -2.37. The highest BCUT2D eigenvalue weighted by atomic mass is 16.5. The Morgan fingerprint density at radius 3 is 2.47 bits per heavy atom. The van der Waals surface area contributed by atoms with E-state index in [0.29, 0.717) is 6.10 Å². The third kappa shape index (κ3) is 3.72. The molecule has 17 heavy (non-hydrogen) atoms. The summed E-state index contributed by atoms with van der Waals surface area (Å²) in [5, 5.41) is 0. The molecule has 0 amide bonds. The van der Waals surface area contributed by atoms with Gasteiger partial charge in [-0.2, -0.15) is 0 Å². The number of anilines is 1. The molecule has 0 unspecified atom stereocenters. The Labute approximate surface area is 104 Å². The van der Waals surface area contributed by atoms with Gasteiger partial charge in [0.2, 0.25) is 0 Å². The Bertz CT molecular complexity index is 329. The van der Waals surface area contributed by atoms with Crippen molar-refractivity contribution in [2.45, 2.75) is 25.4 Å². The molecule has 94 valence electrons. The Kier molecular flexibility index (Phi) is 4.40. The third-order valence-electron chi connectivity index (χ3n) is 3.56. The van der Waals surface area contributed by atoms with Crippen molar-refractivity contribution in [1.82, 2.24) is 4.90 Å². The van der Waals surface area contributed by atoms with E-state index in [1.165, 1.54) is 5.56 Å². The number of nitrogens with two attached hydrogens (primary N) is 1. The molecular weight excluding hydrogens is 212 g/mol. The van der Waals surface area contributed by atoms with E-state index in [1.54, 1.807) is 0 Å². The van der Waals surface area contributed by atoms with Crippen LogP contribution in [0.25, 0.3) is 0 Å². The smallest absolute Gasteiger partial charge is 0.0595 e. The first-order chi connectivity index (χ1) is 8.28. The van der Waals surface area contributed by atoms with Gasteiger partial charge in [0.05, 0.1) is 6.10 Å². The summed E-state index contributed by atoms with van der Waals surface area (Å²) in [6, 6.07) is 8.20. The van der Waals surface area contributed by atoms with Gasteiger partial charge in [0, 0.05) is 32.4 Å². The number of hydrogen-bond acceptors (Lipinski definition) is 3. The van der Waals surface area contributed by atoms with Gasteiger partial charge in [-0.05, 0) is 37.0 Å². The zero-order chi connectivity index (χ0) is 12.1. The molecule has 0 aromatic heterocycles. The van der Waals surface area contributed by atoms with E-state index in [0.717, 1.165) is 44.6 Å². The second-order valence-electron chi connectivity index (χ2n) is 4.77. The maximum absolute atomic E-state index is 5.67. The summed E-state index contributed by atoms with van der Waals surface area (Å²) >= 11 is 0. The zero-order valence-electron chi connectivity index (χ0n) is 10.6. The van der Waals surface area contributed by atoms with Crippen molar-refractivity contribution >= 4 is 5.69 Å². The molecule has 0 atom stereocenters. The van der Waals surface area contributed by atoms with Crippen LogP contribution in [0.15, 0.2) is 24.3 Å². The minimum atomic E-state index is 0.475. The molecule has 1 saturated heterocycles. The minimum Gasteiger partial charge on any atom is -0.399 e. The number of benzene rings is 1. The fraction of sp³-hybridized carbons (Fsp3) is 0.571. The summed E-state index contributed by atoms with van der Waals surface area (Å²) in [6.45, 7) is 3.46. The van der Waals surface area contributed by atoms with Gasteiger partial charge in [-0.1, -0.05) is 12.1 Å². The van der Waals surface area contributed by atoms with Crippen LogP contribution in [0.3, 0.4) is 0 Å². The van der Waals surface area contributed by atoms with Crippen molar-refractivity contribution in [3.8, 4) is 0 Å². The molecule has 1 aromatic carbocycles. The van der Waals surface area contributed by atoms with Crippen molar-refractivity contribution < 1.29 is 4.74 Å². The van der Waals surface area contributed by atoms with Crippen molar-refractivity contribution in [3.05, 3.63) is 29.8 Å². The van der Waals surface area contributed by atoms with Crippen LogP contribution >= 0.6 is 0 Å². The molecule has 0 aliphatic carbocycles. The molecule has 1 heterocycles. The quantitative estimate of drug-likeness (QED) is 0.809. The molecule has 1 aliphatic rings. The number of likely N-dealkylation sites (tertiary alicyclic amines) is 1. The predicted molar refractivity (Wildman–Crippen MR) is 71.0 cm³/mol. The summed E-state index contributed by atoms with van der Waals surface area (Å²) in [5.74, 6) is 0. The van der Waals surface area contributed by atoms with Gasteiger partial charge in [0.1, 0.15) is 0 Å². The Balaban J connectivity index is 1.74. The van der Waals surface area contributed by atoms with E-state index in [4.69, 9.17) is 10.5 Å². The highest BCUT2D eigenvalue weighted by Gasteiger charge is 2.17. The van der Waals surface area contributed by atoms with Gasteiger partial charge in [-0.25, -0.2) is 0 Å². The van der Waals surface area contributed by atoms with E-state index in [2.05, 4.69) is 17.0 Å². The fourth-order valence-electron chi connectivity index (χ4n) is 2.34. The van der Waals surface area contributed by atoms with Gasteiger partial charge < -0.3 is 15.4 Å². The van der Waals surface area contributed by atoms with Gasteiger partial charge >= 0.3 is 0 Å². The Morgan fingerprint density at radius 1 is 1.24 bits per heavy atom. The molecule has 2 rings (SSSR count). The van der Waals surface area contributed by atoms with Gasteiger partial charge in [-0.3, -0.25) is 0 Å². The van der Waals surface area contributed by atoms with Crippen LogP contribution in [-0.4, -0.2) is 37.7 Å². The molecule has 2 N–H and O–H groups in total. The van der Waals surface area contributed by atoms with Crippen molar-refractivity contribution in [2.24, 2.45) is 0 Å². The first kappa shape index (κ1) is 12.4. The molecule has 0 bridgehead atoms. The zero-order valence-corrected chi connectivity index (χ0v) is 10.6. The Morgan fingerprint density at radius 2 is 1.88 bits per heavy atom. The lowest BCUT2D eigenvalue weighted by Gasteiger charge is -2.31. The molecule has 3 nitrogen and oxygen atoms in total. The highest BCUT2D eigenvalue weighted by Crippen LogP contribution is 2.14. The van der Waals surface area contributed by atoms with Crippen LogP contribution in [0.4, 0.5) is 5.69 Å². The number of nitrogens with zero attached hydrogens (tertiary/aromatic N) is 1. The fourth-order valence-corrected chi connectivity index (χ4v) is 2.34. The van der Waals surface area contributed by atoms with Crippen LogP contribution in [0.2, 0.25) is 0 Å². The number of rotatable bonds is 4. The first-order valence-electron chi connectivity index (χ1n) is 6.37. The highest BCUT2D eigenvalue weighted by molar-refractivity contribution is 5.39. The second kappa shape index (κ2) is 6.03. The minimum absolute atomic E-state index is 0.475. The van der Waals surface area contributed by atoms with Gasteiger partial charge in [0.15, 0.2) is 0 Å². The van der Waals surface area contributed by atoms with E-state index < -0.39 is 0 Å². The van der Waals surface area contributed by atoms with Crippen molar-refractivity contribution in [3.63, 3.8) is 0 Å². The van der Waals surface area contributed by atoms with E-state index in [-0.39, 0.29) is 0 Å². The lowest BCUT2D eigenvalue weighted by atomic mass is 10.1. The number of hydrogen-bond donors (Lipinski definition) is 1. The van der Waals surface area contributed by atoms with Crippen LogP contribution in [0.5, 0.6) is 0 Å². The molecule has 1 aromatic rings. The topological polar surface area (TPSA) is 38.5 Å². The Hall–Kier alpha value is -1.06. The molecule has 1 fully saturated rings. The van der Waals surface area contributed by atoms with Crippen LogP contribution < -0.4 is 5.73 Å². The van der Waals surface area contributed by atoms with E-state index >= 15 is 0 Å². The molecule has 0 saturated carbocycles. The molecule has 0 spiro atoms. The molecule has 0 radical (unpaired) electrons. The van der Waals surface area contributed by atoms with Gasteiger partial charge in [0.25, 0.3) is 0 Å². The first-order valence-corrected chi connectivity index (χ1v) is 6.37. The molecular formula is C14H22N2O. The van der Waals surface area contributed by atoms with E-state index in [1.807, 2.05) is 19.2 Å². The average Bonchev–Trinajstić information content (AvgIpc) is 2.39. The monoisotopic (exact) mass is 234 g/mol. The van der Waals surface area contributed by atoms with E-state index in [9.17, 15) is 0 Å². The number of nitrogen functional groups attached to an aromatic ring is 1. The molecule has 1 aliphatic heterocycles. The number of piperidine rings is 1. The largest absolute Gasteiger partial charge is 0.399 e. The van der Waals surface area contributed by atoms with Crippen molar-refractivity contribution in [2.75, 3.05) is 32.5 Å². The number of ether oxygens (including phenoxy) is 1. The SMILES string of the molecule is COC1CCN(CCc2ccc(N)cc2)CC1. The maximum Gasteiger partial charge on any atom is 0.0595 e. The predicted octanol–water partition coefficient (Wildman–Crippen LogP) is 1.92. The summed E-state index contributed by atoms with van der Waals surface area (Å²) in [4.78, 5) is 2.52. The standard InChI is InChI=1S/C14H22N2O/c1-17-14-7-10-16(11-8-14)9-6-12-2-4-13(15)5-3-12/h2-5,14H,6-11,15H2,1H3. The van der Waals surface area contributed by atoms with Crippen molar-refractivity contribution in [1.29, 1.82) is 0 Å².